The molecule has 0 spiro atoms. The Bertz CT molecular complexity index is 419. The van der Waals surface area contributed by atoms with E-state index in [9.17, 15) is 14.9 Å². The van der Waals surface area contributed by atoms with Crippen LogP contribution in [-0.2, 0) is 0 Å². The van der Waals surface area contributed by atoms with E-state index in [1.807, 2.05) is 0 Å². The first kappa shape index (κ1) is 11.8. The van der Waals surface area contributed by atoms with Crippen molar-refractivity contribution in [3.05, 3.63) is 39.9 Å². The van der Waals surface area contributed by atoms with Crippen molar-refractivity contribution >= 4 is 11.5 Å². The fraction of sp³-hybridized carbons (Fsp3) is 0.462. The van der Waals surface area contributed by atoms with Crippen molar-refractivity contribution in [3.63, 3.8) is 0 Å². The molecule has 1 aliphatic rings. The number of carbonyl (C=O) groups is 1. The molecule has 1 fully saturated rings. The SMILES string of the molecule is O=C(c1ccc([N+](=O)[O-])cc1)C1CCCCC1. The van der Waals surface area contributed by atoms with Gasteiger partial charge in [-0.1, -0.05) is 19.3 Å². The maximum atomic E-state index is 12.1. The largest absolute Gasteiger partial charge is 0.294 e. The van der Waals surface area contributed by atoms with Crippen LogP contribution in [0.1, 0.15) is 42.5 Å². The molecule has 1 saturated carbocycles. The second kappa shape index (κ2) is 5.08. The predicted octanol–water partition coefficient (Wildman–Crippen LogP) is 3.36. The molecule has 0 bridgehead atoms. The highest BCUT2D eigenvalue weighted by Gasteiger charge is 2.22. The lowest BCUT2D eigenvalue weighted by Crippen LogP contribution is -2.17. The molecule has 4 nitrogen and oxygen atoms in total. The van der Waals surface area contributed by atoms with Gasteiger partial charge in [0.1, 0.15) is 0 Å². The fourth-order valence-electron chi connectivity index (χ4n) is 2.35. The minimum atomic E-state index is -0.450. The minimum Gasteiger partial charge on any atom is -0.294 e. The zero-order valence-electron chi connectivity index (χ0n) is 9.59. The molecule has 4 heteroatoms. The highest BCUT2D eigenvalue weighted by Crippen LogP contribution is 2.27. The van der Waals surface area contributed by atoms with Crippen molar-refractivity contribution in [2.45, 2.75) is 32.1 Å². The van der Waals surface area contributed by atoms with Crippen molar-refractivity contribution in [2.75, 3.05) is 0 Å². The van der Waals surface area contributed by atoms with Crippen molar-refractivity contribution in [1.29, 1.82) is 0 Å². The van der Waals surface area contributed by atoms with Crippen molar-refractivity contribution in [2.24, 2.45) is 5.92 Å². The summed E-state index contributed by atoms with van der Waals surface area (Å²) < 4.78 is 0. The molecule has 0 saturated heterocycles. The Balaban J connectivity index is 2.10. The van der Waals surface area contributed by atoms with Crippen molar-refractivity contribution in [1.82, 2.24) is 0 Å². The summed E-state index contributed by atoms with van der Waals surface area (Å²) in [6.07, 6.45) is 5.35. The molecule has 0 amide bonds. The number of carbonyl (C=O) groups excluding carboxylic acids is 1. The fourth-order valence-corrected chi connectivity index (χ4v) is 2.35. The Labute approximate surface area is 99.8 Å². The van der Waals surface area contributed by atoms with Crippen LogP contribution in [0.5, 0.6) is 0 Å². The van der Waals surface area contributed by atoms with Gasteiger partial charge in [0.15, 0.2) is 5.78 Å². The lowest BCUT2D eigenvalue weighted by atomic mass is 9.84. The van der Waals surface area contributed by atoms with Crippen molar-refractivity contribution in [3.8, 4) is 0 Å². The molecule has 90 valence electrons. The van der Waals surface area contributed by atoms with E-state index in [0.29, 0.717) is 5.56 Å². The van der Waals surface area contributed by atoms with Gasteiger partial charge >= 0.3 is 0 Å². The Kier molecular flexibility index (Phi) is 3.52. The zero-order valence-corrected chi connectivity index (χ0v) is 9.59. The van der Waals surface area contributed by atoms with E-state index in [0.717, 1.165) is 25.7 Å². The third kappa shape index (κ3) is 2.70. The van der Waals surface area contributed by atoms with Crippen LogP contribution in [0.4, 0.5) is 5.69 Å². The standard InChI is InChI=1S/C13H15NO3/c15-13(10-4-2-1-3-5-10)11-6-8-12(9-7-11)14(16)17/h6-10H,1-5H2. The Morgan fingerprint density at radius 3 is 2.24 bits per heavy atom. The second-order valence-electron chi connectivity index (χ2n) is 4.50. The molecule has 1 aromatic carbocycles. The molecule has 0 aromatic heterocycles. The first-order valence-electron chi connectivity index (χ1n) is 5.97. The van der Waals surface area contributed by atoms with Gasteiger partial charge in [-0.25, -0.2) is 0 Å². The molecule has 1 aliphatic carbocycles. The van der Waals surface area contributed by atoms with Gasteiger partial charge in [-0.3, -0.25) is 14.9 Å². The summed E-state index contributed by atoms with van der Waals surface area (Å²) >= 11 is 0. The average Bonchev–Trinajstić information content (AvgIpc) is 2.39. The average molecular weight is 233 g/mol. The van der Waals surface area contributed by atoms with E-state index in [4.69, 9.17) is 0 Å². The maximum Gasteiger partial charge on any atom is 0.269 e. The summed E-state index contributed by atoms with van der Waals surface area (Å²) in [4.78, 5) is 22.2. The van der Waals surface area contributed by atoms with Gasteiger partial charge in [-0.05, 0) is 25.0 Å². The number of rotatable bonds is 3. The molecule has 1 aromatic rings. The van der Waals surface area contributed by atoms with Crippen LogP contribution < -0.4 is 0 Å². The topological polar surface area (TPSA) is 60.2 Å². The van der Waals surface area contributed by atoms with E-state index in [-0.39, 0.29) is 17.4 Å². The van der Waals surface area contributed by atoms with Gasteiger partial charge in [0.05, 0.1) is 4.92 Å². The van der Waals surface area contributed by atoms with Crippen molar-refractivity contribution < 1.29 is 9.72 Å². The third-order valence-corrected chi connectivity index (χ3v) is 3.34. The monoisotopic (exact) mass is 233 g/mol. The Hall–Kier alpha value is -1.71. The molecule has 0 unspecified atom stereocenters. The summed E-state index contributed by atoms with van der Waals surface area (Å²) in [7, 11) is 0. The number of nitro benzene ring substituents is 1. The van der Waals surface area contributed by atoms with E-state index >= 15 is 0 Å². The highest BCUT2D eigenvalue weighted by atomic mass is 16.6. The van der Waals surface area contributed by atoms with Crippen LogP contribution in [0.25, 0.3) is 0 Å². The quantitative estimate of drug-likeness (QED) is 0.457. The summed E-state index contributed by atoms with van der Waals surface area (Å²) in [5, 5.41) is 10.5. The van der Waals surface area contributed by atoms with Gasteiger partial charge in [0.25, 0.3) is 5.69 Å². The van der Waals surface area contributed by atoms with Gasteiger partial charge < -0.3 is 0 Å². The third-order valence-electron chi connectivity index (χ3n) is 3.34. The first-order chi connectivity index (χ1) is 8.18. The molecule has 0 aliphatic heterocycles. The van der Waals surface area contributed by atoms with Crippen LogP contribution >= 0.6 is 0 Å². The van der Waals surface area contributed by atoms with Gasteiger partial charge in [0, 0.05) is 23.6 Å². The number of hydrogen-bond donors (Lipinski definition) is 0. The van der Waals surface area contributed by atoms with Gasteiger partial charge in [-0.15, -0.1) is 0 Å². The van der Waals surface area contributed by atoms with Crippen LogP contribution in [0.3, 0.4) is 0 Å². The molecule has 0 N–H and O–H groups in total. The van der Waals surface area contributed by atoms with Crippen LogP contribution in [0.2, 0.25) is 0 Å². The Morgan fingerprint density at radius 2 is 1.71 bits per heavy atom. The highest BCUT2D eigenvalue weighted by molar-refractivity contribution is 5.98. The molecular weight excluding hydrogens is 218 g/mol. The van der Waals surface area contributed by atoms with Crippen LogP contribution in [0, 0.1) is 16.0 Å². The van der Waals surface area contributed by atoms with E-state index < -0.39 is 4.92 Å². The molecule has 0 radical (unpaired) electrons. The second-order valence-corrected chi connectivity index (χ2v) is 4.50. The Morgan fingerprint density at radius 1 is 1.12 bits per heavy atom. The normalized spacial score (nSPS) is 16.7. The first-order valence-corrected chi connectivity index (χ1v) is 5.97. The van der Waals surface area contributed by atoms with E-state index in [2.05, 4.69) is 0 Å². The lowest BCUT2D eigenvalue weighted by molar-refractivity contribution is -0.384. The predicted molar refractivity (Wildman–Crippen MR) is 64.0 cm³/mol. The molecular formula is C13H15NO3. The number of benzene rings is 1. The maximum absolute atomic E-state index is 12.1. The van der Waals surface area contributed by atoms with Crippen LogP contribution in [-0.4, -0.2) is 10.7 Å². The molecule has 0 atom stereocenters. The minimum absolute atomic E-state index is 0.0326. The lowest BCUT2D eigenvalue weighted by Gasteiger charge is -2.20. The zero-order chi connectivity index (χ0) is 12.3. The smallest absolute Gasteiger partial charge is 0.269 e. The summed E-state index contributed by atoms with van der Waals surface area (Å²) in [5.74, 6) is 0.254. The molecule has 0 heterocycles. The summed E-state index contributed by atoms with van der Waals surface area (Å²) in [6, 6.07) is 5.93. The number of hydrogen-bond acceptors (Lipinski definition) is 3. The summed E-state index contributed by atoms with van der Waals surface area (Å²) in [6.45, 7) is 0. The number of nitrogens with zero attached hydrogens (tertiary/aromatic N) is 1. The summed E-state index contributed by atoms with van der Waals surface area (Å²) in [5.41, 5.74) is 0.632. The van der Waals surface area contributed by atoms with Gasteiger partial charge in [0.2, 0.25) is 0 Å². The van der Waals surface area contributed by atoms with Crippen LogP contribution in [0.15, 0.2) is 24.3 Å². The number of ketones is 1. The van der Waals surface area contributed by atoms with E-state index in [1.165, 1.54) is 18.6 Å². The van der Waals surface area contributed by atoms with E-state index in [1.54, 1.807) is 12.1 Å². The molecule has 2 rings (SSSR count). The number of non-ortho nitro benzene ring substituents is 1. The molecule has 17 heavy (non-hydrogen) atoms. The number of Topliss-reactive ketones (excluding diaryl/α,β-unsaturated/α-hetero) is 1. The van der Waals surface area contributed by atoms with Gasteiger partial charge in [-0.2, -0.15) is 0 Å². The number of nitro groups is 1.